The molecule has 0 saturated heterocycles. The summed E-state index contributed by atoms with van der Waals surface area (Å²) >= 11 is 3.22. The second-order valence-electron chi connectivity index (χ2n) is 5.49. The summed E-state index contributed by atoms with van der Waals surface area (Å²) in [5.74, 6) is -1.78. The number of carbonyl (C=O) groups is 2. The molecule has 0 bridgehead atoms. The molecular weight excluding hydrogens is 379 g/mol. The van der Waals surface area contributed by atoms with Crippen LogP contribution in [0, 0.1) is 5.82 Å². The van der Waals surface area contributed by atoms with Crippen LogP contribution < -0.4 is 4.90 Å². The molecule has 1 heterocycles. The quantitative estimate of drug-likeness (QED) is 0.868. The van der Waals surface area contributed by atoms with Gasteiger partial charge in [0.15, 0.2) is 0 Å². The van der Waals surface area contributed by atoms with Crippen LogP contribution in [0.5, 0.6) is 0 Å². The van der Waals surface area contributed by atoms with Crippen molar-refractivity contribution in [2.24, 2.45) is 0 Å². The Balaban J connectivity index is 1.95. The molecule has 2 aromatic carbocycles. The lowest BCUT2D eigenvalue weighted by atomic mass is 10.1. The Morgan fingerprint density at radius 2 is 1.96 bits per heavy atom. The molecule has 1 amide bonds. The largest absolute Gasteiger partial charge is 0.480 e. The minimum Gasteiger partial charge on any atom is -0.480 e. The van der Waals surface area contributed by atoms with Crippen LogP contribution in [0.15, 0.2) is 46.9 Å². The maximum absolute atomic E-state index is 14.1. The average Bonchev–Trinajstić information content (AvgIpc) is 2.54. The van der Waals surface area contributed by atoms with E-state index in [0.29, 0.717) is 21.3 Å². The van der Waals surface area contributed by atoms with Gasteiger partial charge in [0.2, 0.25) is 0 Å². The number of halogens is 2. The zero-order chi connectivity index (χ0) is 17.3. The number of aliphatic carboxylic acids is 1. The van der Waals surface area contributed by atoms with E-state index >= 15 is 0 Å². The van der Waals surface area contributed by atoms with Gasteiger partial charge in [-0.2, -0.15) is 0 Å². The predicted molar refractivity (Wildman–Crippen MR) is 90.3 cm³/mol. The van der Waals surface area contributed by atoms with Gasteiger partial charge in [-0.1, -0.05) is 34.1 Å². The third kappa shape index (κ3) is 3.26. The molecular formula is C17H14BrFN2O3. The van der Waals surface area contributed by atoms with Crippen molar-refractivity contribution in [1.29, 1.82) is 0 Å². The van der Waals surface area contributed by atoms with Crippen LogP contribution >= 0.6 is 15.9 Å². The molecule has 0 radical (unpaired) electrons. The highest BCUT2D eigenvalue weighted by atomic mass is 79.9. The Morgan fingerprint density at radius 3 is 2.67 bits per heavy atom. The summed E-state index contributed by atoms with van der Waals surface area (Å²) in [5, 5.41) is 9.00. The first-order valence-corrected chi connectivity index (χ1v) is 8.04. The van der Waals surface area contributed by atoms with Crippen molar-refractivity contribution in [2.45, 2.75) is 6.54 Å². The van der Waals surface area contributed by atoms with Crippen LogP contribution in [0.4, 0.5) is 10.1 Å². The molecule has 1 aliphatic heterocycles. The molecule has 5 nitrogen and oxygen atoms in total. The van der Waals surface area contributed by atoms with E-state index in [0.717, 1.165) is 0 Å². The lowest BCUT2D eigenvalue weighted by molar-refractivity contribution is -0.137. The number of amides is 1. The third-order valence-corrected chi connectivity index (χ3v) is 4.30. The first kappa shape index (κ1) is 16.4. The van der Waals surface area contributed by atoms with Gasteiger partial charge in [0.1, 0.15) is 12.4 Å². The lowest BCUT2D eigenvalue weighted by Crippen LogP contribution is -2.48. The van der Waals surface area contributed by atoms with E-state index in [-0.39, 0.29) is 24.9 Å². The van der Waals surface area contributed by atoms with Crippen molar-refractivity contribution in [3.8, 4) is 0 Å². The first-order chi connectivity index (χ1) is 11.5. The molecule has 7 heteroatoms. The number of carboxylic acids is 1. The highest BCUT2D eigenvalue weighted by Gasteiger charge is 2.30. The molecule has 124 valence electrons. The molecule has 0 saturated carbocycles. The molecule has 1 N–H and O–H groups in total. The minimum atomic E-state index is -1.09. The minimum absolute atomic E-state index is 0.0949. The standard InChI is InChI=1S/C17H14BrFN2O3/c18-12-6-5-11(14(19)7-12)8-20-10-21(9-16(22)23)17(24)13-3-1-2-4-15(13)20/h1-7H,8-10H2,(H,22,23). The van der Waals surface area contributed by atoms with Crippen molar-refractivity contribution in [2.75, 3.05) is 18.1 Å². The van der Waals surface area contributed by atoms with E-state index < -0.39 is 12.5 Å². The molecule has 0 atom stereocenters. The Kier molecular flexibility index (Phi) is 4.53. The average molecular weight is 393 g/mol. The molecule has 3 rings (SSSR count). The second kappa shape index (κ2) is 6.60. The predicted octanol–water partition coefficient (Wildman–Crippen LogP) is 3.09. The SMILES string of the molecule is O=C(O)CN1CN(Cc2ccc(Br)cc2F)c2ccccc2C1=O. The van der Waals surface area contributed by atoms with Crippen LogP contribution in [-0.4, -0.2) is 35.1 Å². The van der Waals surface area contributed by atoms with Crippen LogP contribution in [-0.2, 0) is 11.3 Å². The number of fused-ring (bicyclic) bond motifs is 1. The molecule has 0 fully saturated rings. The van der Waals surface area contributed by atoms with Gasteiger partial charge in [-0.05, 0) is 24.3 Å². The summed E-state index contributed by atoms with van der Waals surface area (Å²) in [7, 11) is 0. The van der Waals surface area contributed by atoms with Crippen molar-refractivity contribution >= 4 is 33.5 Å². The Bertz CT molecular complexity index is 812. The van der Waals surface area contributed by atoms with E-state index in [1.54, 1.807) is 41.3 Å². The van der Waals surface area contributed by atoms with Gasteiger partial charge in [0.25, 0.3) is 5.91 Å². The third-order valence-electron chi connectivity index (χ3n) is 3.81. The molecule has 0 unspecified atom stereocenters. The normalized spacial score (nSPS) is 13.8. The topological polar surface area (TPSA) is 60.9 Å². The van der Waals surface area contributed by atoms with E-state index in [1.807, 2.05) is 0 Å². The van der Waals surface area contributed by atoms with Gasteiger partial charge in [-0.15, -0.1) is 0 Å². The lowest BCUT2D eigenvalue weighted by Gasteiger charge is -2.37. The first-order valence-electron chi connectivity index (χ1n) is 7.24. The van der Waals surface area contributed by atoms with Gasteiger partial charge < -0.3 is 14.9 Å². The number of carbonyl (C=O) groups excluding carboxylic acids is 1. The second-order valence-corrected chi connectivity index (χ2v) is 6.40. The summed E-state index contributed by atoms with van der Waals surface area (Å²) in [6, 6.07) is 11.7. The Morgan fingerprint density at radius 1 is 1.21 bits per heavy atom. The van der Waals surface area contributed by atoms with Crippen molar-refractivity contribution < 1.29 is 19.1 Å². The van der Waals surface area contributed by atoms with E-state index in [9.17, 15) is 14.0 Å². The van der Waals surface area contributed by atoms with Gasteiger partial charge in [-0.25, -0.2) is 4.39 Å². The van der Waals surface area contributed by atoms with E-state index in [1.165, 1.54) is 11.0 Å². The fourth-order valence-corrected chi connectivity index (χ4v) is 3.06. The molecule has 24 heavy (non-hydrogen) atoms. The summed E-state index contributed by atoms with van der Waals surface area (Å²) in [6.45, 7) is -0.0658. The van der Waals surface area contributed by atoms with Crippen LogP contribution in [0.3, 0.4) is 0 Å². The van der Waals surface area contributed by atoms with Gasteiger partial charge >= 0.3 is 5.97 Å². The zero-order valence-corrected chi connectivity index (χ0v) is 14.2. The number of benzene rings is 2. The summed E-state index contributed by atoms with van der Waals surface area (Å²) in [4.78, 5) is 26.5. The number of hydrogen-bond acceptors (Lipinski definition) is 3. The van der Waals surface area contributed by atoms with Crippen molar-refractivity contribution in [1.82, 2.24) is 4.90 Å². The van der Waals surface area contributed by atoms with Crippen LogP contribution in [0.2, 0.25) is 0 Å². The van der Waals surface area contributed by atoms with E-state index in [2.05, 4.69) is 15.9 Å². The fourth-order valence-electron chi connectivity index (χ4n) is 2.72. The smallest absolute Gasteiger partial charge is 0.323 e. The number of rotatable bonds is 4. The number of hydrogen-bond donors (Lipinski definition) is 1. The van der Waals surface area contributed by atoms with Crippen molar-refractivity contribution in [3.05, 3.63) is 63.9 Å². The summed E-state index contributed by atoms with van der Waals surface area (Å²) in [6.07, 6.45) is 0. The fraction of sp³-hybridized carbons (Fsp3) is 0.176. The number of nitrogens with zero attached hydrogens (tertiary/aromatic N) is 2. The number of carboxylic acid groups (broad SMARTS) is 1. The van der Waals surface area contributed by atoms with Gasteiger partial charge in [0.05, 0.1) is 17.9 Å². The highest BCUT2D eigenvalue weighted by molar-refractivity contribution is 9.10. The maximum Gasteiger partial charge on any atom is 0.323 e. The van der Waals surface area contributed by atoms with Gasteiger partial charge in [0, 0.05) is 16.6 Å². The van der Waals surface area contributed by atoms with Crippen LogP contribution in [0.1, 0.15) is 15.9 Å². The number of anilines is 1. The molecule has 2 aromatic rings. The Labute approximate surface area is 146 Å². The monoisotopic (exact) mass is 392 g/mol. The Hall–Kier alpha value is -2.41. The maximum atomic E-state index is 14.1. The van der Waals surface area contributed by atoms with Crippen LogP contribution in [0.25, 0.3) is 0 Å². The van der Waals surface area contributed by atoms with Crippen molar-refractivity contribution in [3.63, 3.8) is 0 Å². The summed E-state index contributed by atoms with van der Waals surface area (Å²) in [5.41, 5.74) is 1.56. The molecule has 0 aliphatic carbocycles. The molecule has 0 spiro atoms. The van der Waals surface area contributed by atoms with E-state index in [4.69, 9.17) is 5.11 Å². The van der Waals surface area contributed by atoms with Gasteiger partial charge in [-0.3, -0.25) is 9.59 Å². The molecule has 0 aromatic heterocycles. The zero-order valence-electron chi connectivity index (χ0n) is 12.6. The highest BCUT2D eigenvalue weighted by Crippen LogP contribution is 2.29. The molecule has 1 aliphatic rings. The number of para-hydroxylation sites is 1. The summed E-state index contributed by atoms with van der Waals surface area (Å²) < 4.78 is 14.8.